The first-order chi connectivity index (χ1) is 7.97. The van der Waals surface area contributed by atoms with Crippen LogP contribution in [-0.4, -0.2) is 23.8 Å². The van der Waals surface area contributed by atoms with Crippen molar-refractivity contribution in [2.45, 2.75) is 33.7 Å². The summed E-state index contributed by atoms with van der Waals surface area (Å²) in [6, 6.07) is 8.66. The van der Waals surface area contributed by atoms with Crippen LogP contribution in [-0.2, 0) is 11.3 Å². The molecule has 0 radical (unpaired) electrons. The quantitative estimate of drug-likeness (QED) is 0.780. The minimum Gasteiger partial charge on any atom is -0.299 e. The van der Waals surface area contributed by atoms with Gasteiger partial charge in [-0.3, -0.25) is 9.69 Å². The number of benzene rings is 1. The van der Waals surface area contributed by atoms with Crippen LogP contribution in [0.3, 0.4) is 0 Å². The molecule has 0 spiro atoms. The fourth-order valence-electron chi connectivity index (χ4n) is 2.41. The molecule has 1 aromatic rings. The number of nitrogens with zero attached hydrogens (tertiary/aromatic N) is 1. The Morgan fingerprint density at radius 2 is 1.88 bits per heavy atom. The van der Waals surface area contributed by atoms with Crippen LogP contribution in [0.4, 0.5) is 0 Å². The molecule has 0 N–H and O–H groups in total. The van der Waals surface area contributed by atoms with Crippen LogP contribution in [0.1, 0.15) is 31.4 Å². The van der Waals surface area contributed by atoms with Crippen LogP contribution in [0.15, 0.2) is 24.3 Å². The number of Topliss-reactive ketones (excluding diaryl/α,β-unsaturated/α-hetero) is 1. The molecule has 0 amide bonds. The lowest BCUT2D eigenvalue weighted by atomic mass is 9.82. The van der Waals surface area contributed by atoms with Gasteiger partial charge in [-0.1, -0.05) is 43.7 Å². The van der Waals surface area contributed by atoms with Crippen molar-refractivity contribution in [3.05, 3.63) is 35.4 Å². The van der Waals surface area contributed by atoms with Gasteiger partial charge in [0.05, 0.1) is 0 Å². The molecule has 1 aliphatic heterocycles. The molecule has 0 aromatic heterocycles. The van der Waals surface area contributed by atoms with Gasteiger partial charge in [-0.15, -0.1) is 0 Å². The molecule has 0 saturated carbocycles. The molecule has 1 saturated heterocycles. The highest BCUT2D eigenvalue weighted by molar-refractivity contribution is 5.85. The Balaban J connectivity index is 2.01. The number of carbonyl (C=O) groups excluding carboxylic acids is 1. The first-order valence-electron chi connectivity index (χ1n) is 6.28. The molecular weight excluding hydrogens is 210 g/mol. The Bertz CT molecular complexity index is 405. The van der Waals surface area contributed by atoms with Crippen LogP contribution < -0.4 is 0 Å². The van der Waals surface area contributed by atoms with E-state index in [0.29, 0.717) is 12.2 Å². The molecular formula is C15H21NO. The van der Waals surface area contributed by atoms with Crippen molar-refractivity contribution >= 4 is 5.78 Å². The summed E-state index contributed by atoms with van der Waals surface area (Å²) < 4.78 is 0. The van der Waals surface area contributed by atoms with Crippen molar-refractivity contribution in [1.82, 2.24) is 4.90 Å². The van der Waals surface area contributed by atoms with Gasteiger partial charge in [0.15, 0.2) is 0 Å². The standard InChI is InChI=1S/C15H21NO/c1-12-4-6-13(7-5-12)10-16-9-8-14(17)15(2,3)11-16/h4-7H,8-11H2,1-3H3. The van der Waals surface area contributed by atoms with Gasteiger partial charge in [0, 0.05) is 31.5 Å². The molecule has 2 heteroatoms. The molecule has 1 aromatic carbocycles. The third-order valence-corrected chi connectivity index (χ3v) is 3.56. The molecule has 0 unspecified atom stereocenters. The summed E-state index contributed by atoms with van der Waals surface area (Å²) in [5.74, 6) is 0.401. The van der Waals surface area contributed by atoms with E-state index in [0.717, 1.165) is 19.6 Å². The third kappa shape index (κ3) is 2.95. The maximum absolute atomic E-state index is 11.7. The van der Waals surface area contributed by atoms with Crippen molar-refractivity contribution in [3.8, 4) is 0 Å². The second-order valence-corrected chi connectivity index (χ2v) is 5.75. The summed E-state index contributed by atoms with van der Waals surface area (Å²) in [6.45, 7) is 8.94. The maximum atomic E-state index is 11.7. The summed E-state index contributed by atoms with van der Waals surface area (Å²) in [7, 11) is 0. The van der Waals surface area contributed by atoms with E-state index in [4.69, 9.17) is 0 Å². The zero-order valence-electron chi connectivity index (χ0n) is 11.0. The van der Waals surface area contributed by atoms with E-state index in [1.807, 2.05) is 0 Å². The minimum absolute atomic E-state index is 0.178. The predicted octanol–water partition coefficient (Wildman–Crippen LogP) is 2.80. The lowest BCUT2D eigenvalue weighted by Gasteiger charge is -2.36. The predicted molar refractivity (Wildman–Crippen MR) is 69.9 cm³/mol. The molecule has 92 valence electrons. The Hall–Kier alpha value is -1.15. The Morgan fingerprint density at radius 3 is 2.47 bits per heavy atom. The number of likely N-dealkylation sites (tertiary alicyclic amines) is 1. The van der Waals surface area contributed by atoms with Crippen LogP contribution in [0, 0.1) is 12.3 Å². The average Bonchev–Trinajstić information content (AvgIpc) is 2.26. The lowest BCUT2D eigenvalue weighted by Crippen LogP contribution is -2.45. The SMILES string of the molecule is Cc1ccc(CN2CCC(=O)C(C)(C)C2)cc1. The number of rotatable bonds is 2. The number of hydrogen-bond donors (Lipinski definition) is 0. The van der Waals surface area contributed by atoms with Gasteiger partial charge in [0.2, 0.25) is 0 Å². The van der Waals surface area contributed by atoms with Gasteiger partial charge < -0.3 is 0 Å². The summed E-state index contributed by atoms with van der Waals surface area (Å²) in [5, 5.41) is 0. The van der Waals surface area contributed by atoms with Crippen LogP contribution in [0.2, 0.25) is 0 Å². The summed E-state index contributed by atoms with van der Waals surface area (Å²) in [4.78, 5) is 14.1. The highest BCUT2D eigenvalue weighted by atomic mass is 16.1. The number of ketones is 1. The average molecular weight is 231 g/mol. The number of hydrogen-bond acceptors (Lipinski definition) is 2. The zero-order chi connectivity index (χ0) is 12.5. The molecule has 0 bridgehead atoms. The fraction of sp³-hybridized carbons (Fsp3) is 0.533. The minimum atomic E-state index is -0.178. The molecule has 1 fully saturated rings. The van der Waals surface area contributed by atoms with Gasteiger partial charge in [-0.2, -0.15) is 0 Å². The molecule has 0 aliphatic carbocycles. The van der Waals surface area contributed by atoms with Crippen molar-refractivity contribution in [2.24, 2.45) is 5.41 Å². The van der Waals surface area contributed by atoms with Crippen LogP contribution in [0.25, 0.3) is 0 Å². The Morgan fingerprint density at radius 1 is 1.24 bits per heavy atom. The second kappa shape index (κ2) is 4.61. The van der Waals surface area contributed by atoms with Gasteiger partial charge in [-0.25, -0.2) is 0 Å². The van der Waals surface area contributed by atoms with E-state index in [2.05, 4.69) is 49.9 Å². The summed E-state index contributed by atoms with van der Waals surface area (Å²) in [5.41, 5.74) is 2.45. The van der Waals surface area contributed by atoms with Gasteiger partial charge >= 0.3 is 0 Å². The monoisotopic (exact) mass is 231 g/mol. The van der Waals surface area contributed by atoms with E-state index in [9.17, 15) is 4.79 Å². The second-order valence-electron chi connectivity index (χ2n) is 5.75. The van der Waals surface area contributed by atoms with Crippen LogP contribution >= 0.6 is 0 Å². The summed E-state index contributed by atoms with van der Waals surface area (Å²) in [6.07, 6.45) is 0.693. The fourth-order valence-corrected chi connectivity index (χ4v) is 2.41. The number of carbonyl (C=O) groups is 1. The highest BCUT2D eigenvalue weighted by Crippen LogP contribution is 2.26. The van der Waals surface area contributed by atoms with E-state index >= 15 is 0 Å². The van der Waals surface area contributed by atoms with Crippen LogP contribution in [0.5, 0.6) is 0 Å². The molecule has 1 heterocycles. The zero-order valence-corrected chi connectivity index (χ0v) is 11.0. The molecule has 0 atom stereocenters. The van der Waals surface area contributed by atoms with E-state index in [1.165, 1.54) is 11.1 Å². The maximum Gasteiger partial charge on any atom is 0.141 e. The highest BCUT2D eigenvalue weighted by Gasteiger charge is 2.33. The molecule has 1 aliphatic rings. The molecule has 2 nitrogen and oxygen atoms in total. The molecule has 17 heavy (non-hydrogen) atoms. The van der Waals surface area contributed by atoms with Gasteiger partial charge in [0.25, 0.3) is 0 Å². The van der Waals surface area contributed by atoms with E-state index in [1.54, 1.807) is 0 Å². The lowest BCUT2D eigenvalue weighted by molar-refractivity contribution is -0.131. The topological polar surface area (TPSA) is 20.3 Å². The Labute approximate surface area is 104 Å². The number of aryl methyl sites for hydroxylation is 1. The van der Waals surface area contributed by atoms with Gasteiger partial charge in [0.1, 0.15) is 5.78 Å². The normalized spacial score (nSPS) is 20.5. The smallest absolute Gasteiger partial charge is 0.141 e. The first-order valence-corrected chi connectivity index (χ1v) is 6.28. The van der Waals surface area contributed by atoms with E-state index in [-0.39, 0.29) is 5.41 Å². The number of piperidine rings is 1. The summed E-state index contributed by atoms with van der Waals surface area (Å²) >= 11 is 0. The van der Waals surface area contributed by atoms with Crippen molar-refractivity contribution in [1.29, 1.82) is 0 Å². The van der Waals surface area contributed by atoms with Crippen molar-refractivity contribution in [2.75, 3.05) is 13.1 Å². The van der Waals surface area contributed by atoms with Gasteiger partial charge in [-0.05, 0) is 12.5 Å². The molecule has 2 rings (SSSR count). The van der Waals surface area contributed by atoms with Crippen molar-refractivity contribution < 1.29 is 4.79 Å². The van der Waals surface area contributed by atoms with E-state index < -0.39 is 0 Å². The Kier molecular flexibility index (Phi) is 3.34. The largest absolute Gasteiger partial charge is 0.299 e. The third-order valence-electron chi connectivity index (χ3n) is 3.56. The first kappa shape index (κ1) is 12.3. The van der Waals surface area contributed by atoms with Crippen molar-refractivity contribution in [3.63, 3.8) is 0 Å².